The lowest BCUT2D eigenvalue weighted by Crippen LogP contribution is -2.36. The van der Waals surface area contributed by atoms with Crippen molar-refractivity contribution in [1.82, 2.24) is 0 Å². The third-order valence-corrected chi connectivity index (χ3v) is 4.20. The highest BCUT2D eigenvalue weighted by molar-refractivity contribution is 5.96. The van der Waals surface area contributed by atoms with E-state index in [0.717, 1.165) is 36.2 Å². The molecule has 7 heteroatoms. The average Bonchev–Trinajstić information content (AvgIpc) is 2.54. The zero-order valence-electron chi connectivity index (χ0n) is 13.3. The maximum atomic E-state index is 12.8. The number of nitrogens with zero attached hydrogens (tertiary/aromatic N) is 1. The molecular weight excluding hydrogens is 353 g/mol. The SMILES string of the molecule is Cl.Nc1cccc2c1CCCN2C(=O)Cc1cccc(C(F)(F)F)c1. The summed E-state index contributed by atoms with van der Waals surface area (Å²) in [5.74, 6) is -0.221. The Bertz CT molecular complexity index is 777. The summed E-state index contributed by atoms with van der Waals surface area (Å²) < 4.78 is 38.4. The Balaban J connectivity index is 0.00000225. The summed E-state index contributed by atoms with van der Waals surface area (Å²) in [4.78, 5) is 14.2. The van der Waals surface area contributed by atoms with Crippen molar-refractivity contribution < 1.29 is 18.0 Å². The molecule has 0 saturated carbocycles. The fourth-order valence-electron chi connectivity index (χ4n) is 3.04. The van der Waals surface area contributed by atoms with Crippen molar-refractivity contribution in [3.8, 4) is 0 Å². The van der Waals surface area contributed by atoms with Crippen LogP contribution < -0.4 is 10.6 Å². The quantitative estimate of drug-likeness (QED) is 0.804. The molecule has 0 radical (unpaired) electrons. The van der Waals surface area contributed by atoms with Gasteiger partial charge in [-0.1, -0.05) is 24.3 Å². The molecule has 3 nitrogen and oxygen atoms in total. The Labute approximate surface area is 150 Å². The highest BCUT2D eigenvalue weighted by atomic mass is 35.5. The predicted molar refractivity (Wildman–Crippen MR) is 93.9 cm³/mol. The molecule has 2 N–H and O–H groups in total. The number of carbonyl (C=O) groups is 1. The molecule has 0 bridgehead atoms. The van der Waals surface area contributed by atoms with E-state index in [-0.39, 0.29) is 24.7 Å². The van der Waals surface area contributed by atoms with Crippen LogP contribution >= 0.6 is 12.4 Å². The van der Waals surface area contributed by atoms with Crippen LogP contribution in [0.5, 0.6) is 0 Å². The van der Waals surface area contributed by atoms with Gasteiger partial charge in [-0.05, 0) is 42.2 Å². The van der Waals surface area contributed by atoms with Gasteiger partial charge in [-0.2, -0.15) is 13.2 Å². The number of halogens is 4. The molecule has 1 heterocycles. The van der Waals surface area contributed by atoms with Gasteiger partial charge in [-0.15, -0.1) is 12.4 Å². The summed E-state index contributed by atoms with van der Waals surface area (Å²) in [5, 5.41) is 0. The molecular formula is C18H18ClF3N2O. The van der Waals surface area contributed by atoms with Crippen LogP contribution in [0.1, 0.15) is 23.1 Å². The maximum Gasteiger partial charge on any atom is 0.416 e. The van der Waals surface area contributed by atoms with Crippen LogP contribution in [0.2, 0.25) is 0 Å². The second kappa shape index (κ2) is 7.35. The first-order chi connectivity index (χ1) is 11.4. The number of rotatable bonds is 2. The molecule has 134 valence electrons. The van der Waals surface area contributed by atoms with Crippen LogP contribution in [0.3, 0.4) is 0 Å². The van der Waals surface area contributed by atoms with Crippen molar-refractivity contribution in [2.45, 2.75) is 25.4 Å². The number of hydrogen-bond acceptors (Lipinski definition) is 2. The minimum absolute atomic E-state index is 0. The van der Waals surface area contributed by atoms with Crippen LogP contribution in [0.15, 0.2) is 42.5 Å². The van der Waals surface area contributed by atoms with Crippen LogP contribution in [-0.2, 0) is 23.8 Å². The molecule has 2 aromatic carbocycles. The normalized spacial score (nSPS) is 13.8. The van der Waals surface area contributed by atoms with E-state index in [2.05, 4.69) is 0 Å². The zero-order valence-corrected chi connectivity index (χ0v) is 14.2. The first kappa shape index (κ1) is 19.1. The first-order valence-electron chi connectivity index (χ1n) is 7.70. The molecule has 0 unspecified atom stereocenters. The Morgan fingerprint density at radius 1 is 1.16 bits per heavy atom. The molecule has 0 spiro atoms. The minimum atomic E-state index is -4.41. The van der Waals surface area contributed by atoms with Crippen LogP contribution in [0, 0.1) is 0 Å². The van der Waals surface area contributed by atoms with E-state index in [4.69, 9.17) is 5.73 Å². The number of amides is 1. The number of alkyl halides is 3. The standard InChI is InChI=1S/C18H17F3N2O.ClH/c19-18(20,21)13-5-1-4-12(10-13)11-17(24)23-9-3-6-14-15(22)7-2-8-16(14)23;/h1-2,4-5,7-8,10H,3,6,9,11,22H2;1H. The second-order valence-corrected chi connectivity index (χ2v) is 5.87. The number of nitrogen functional groups attached to an aromatic ring is 1. The van der Waals surface area contributed by atoms with Crippen LogP contribution in [-0.4, -0.2) is 12.5 Å². The second-order valence-electron chi connectivity index (χ2n) is 5.87. The smallest absolute Gasteiger partial charge is 0.398 e. The van der Waals surface area contributed by atoms with Gasteiger partial charge in [0.1, 0.15) is 0 Å². The molecule has 25 heavy (non-hydrogen) atoms. The van der Waals surface area contributed by atoms with Crippen molar-refractivity contribution >= 4 is 29.7 Å². The molecule has 0 atom stereocenters. The van der Waals surface area contributed by atoms with Gasteiger partial charge in [0.05, 0.1) is 12.0 Å². The number of hydrogen-bond donors (Lipinski definition) is 1. The lowest BCUT2D eigenvalue weighted by molar-refractivity contribution is -0.137. The summed E-state index contributed by atoms with van der Waals surface area (Å²) in [6.07, 6.45) is -2.89. The van der Waals surface area contributed by atoms with Crippen molar-refractivity contribution in [2.24, 2.45) is 0 Å². The summed E-state index contributed by atoms with van der Waals surface area (Å²) in [5.41, 5.74) is 7.91. The minimum Gasteiger partial charge on any atom is -0.398 e. The lowest BCUT2D eigenvalue weighted by Gasteiger charge is -2.30. The Morgan fingerprint density at radius 3 is 2.60 bits per heavy atom. The van der Waals surface area contributed by atoms with E-state index in [1.54, 1.807) is 17.0 Å². The Hall–Kier alpha value is -2.21. The van der Waals surface area contributed by atoms with Gasteiger partial charge in [0.15, 0.2) is 0 Å². The number of carbonyl (C=O) groups excluding carboxylic acids is 1. The molecule has 1 amide bonds. The van der Waals surface area contributed by atoms with E-state index >= 15 is 0 Å². The Kier molecular flexibility index (Phi) is 5.62. The summed E-state index contributed by atoms with van der Waals surface area (Å²) in [6, 6.07) is 10.3. The fourth-order valence-corrected chi connectivity index (χ4v) is 3.04. The van der Waals surface area contributed by atoms with Gasteiger partial charge >= 0.3 is 6.18 Å². The fraction of sp³-hybridized carbons (Fsp3) is 0.278. The average molecular weight is 371 g/mol. The molecule has 0 fully saturated rings. The monoisotopic (exact) mass is 370 g/mol. The van der Waals surface area contributed by atoms with Gasteiger partial charge in [-0.25, -0.2) is 0 Å². The topological polar surface area (TPSA) is 46.3 Å². The van der Waals surface area contributed by atoms with Crippen molar-refractivity contribution in [3.05, 3.63) is 59.2 Å². The highest BCUT2D eigenvalue weighted by Gasteiger charge is 2.31. The molecule has 3 rings (SSSR count). The van der Waals surface area contributed by atoms with E-state index in [1.165, 1.54) is 12.1 Å². The molecule has 1 aliphatic rings. The van der Waals surface area contributed by atoms with E-state index in [1.807, 2.05) is 6.07 Å². The molecule has 0 aromatic heterocycles. The third-order valence-electron chi connectivity index (χ3n) is 4.20. The van der Waals surface area contributed by atoms with Gasteiger partial charge in [0.2, 0.25) is 5.91 Å². The number of benzene rings is 2. The highest BCUT2D eigenvalue weighted by Crippen LogP contribution is 2.32. The predicted octanol–water partition coefficient (Wildman–Crippen LogP) is 4.23. The first-order valence-corrected chi connectivity index (χ1v) is 7.70. The van der Waals surface area contributed by atoms with Gasteiger partial charge < -0.3 is 10.6 Å². The van der Waals surface area contributed by atoms with Crippen molar-refractivity contribution in [1.29, 1.82) is 0 Å². The molecule has 1 aliphatic heterocycles. The van der Waals surface area contributed by atoms with E-state index in [0.29, 0.717) is 17.8 Å². The molecule has 2 aromatic rings. The van der Waals surface area contributed by atoms with Crippen LogP contribution in [0.4, 0.5) is 24.5 Å². The van der Waals surface area contributed by atoms with Gasteiger partial charge in [0, 0.05) is 17.9 Å². The van der Waals surface area contributed by atoms with Crippen LogP contribution in [0.25, 0.3) is 0 Å². The number of fused-ring (bicyclic) bond motifs is 1. The number of nitrogens with two attached hydrogens (primary N) is 1. The third kappa shape index (κ3) is 4.07. The molecule has 0 aliphatic carbocycles. The van der Waals surface area contributed by atoms with Crippen molar-refractivity contribution in [3.63, 3.8) is 0 Å². The Morgan fingerprint density at radius 2 is 1.88 bits per heavy atom. The summed E-state index contributed by atoms with van der Waals surface area (Å²) >= 11 is 0. The summed E-state index contributed by atoms with van der Waals surface area (Å²) in [6.45, 7) is 0.550. The number of anilines is 2. The largest absolute Gasteiger partial charge is 0.416 e. The maximum absolute atomic E-state index is 12.8. The van der Waals surface area contributed by atoms with Gasteiger partial charge in [-0.3, -0.25) is 4.79 Å². The van der Waals surface area contributed by atoms with Gasteiger partial charge in [0.25, 0.3) is 0 Å². The summed E-state index contributed by atoms with van der Waals surface area (Å²) in [7, 11) is 0. The van der Waals surface area contributed by atoms with E-state index in [9.17, 15) is 18.0 Å². The zero-order chi connectivity index (χ0) is 17.3. The lowest BCUT2D eigenvalue weighted by atomic mass is 9.99. The van der Waals surface area contributed by atoms with E-state index < -0.39 is 11.7 Å². The molecule has 0 saturated heterocycles. The van der Waals surface area contributed by atoms with Crippen molar-refractivity contribution in [2.75, 3.05) is 17.2 Å².